The lowest BCUT2D eigenvalue weighted by atomic mass is 10.2. The third kappa shape index (κ3) is 3.75. The molecule has 0 aliphatic carbocycles. The van der Waals surface area contributed by atoms with Crippen molar-refractivity contribution in [1.82, 2.24) is 0 Å². The summed E-state index contributed by atoms with van der Waals surface area (Å²) in [6, 6.07) is 7.47. The van der Waals surface area contributed by atoms with E-state index < -0.39 is 0 Å². The molecule has 4 nitrogen and oxygen atoms in total. The van der Waals surface area contributed by atoms with Crippen molar-refractivity contribution in [2.75, 3.05) is 19.5 Å². The van der Waals surface area contributed by atoms with Gasteiger partial charge in [-0.25, -0.2) is 0 Å². The van der Waals surface area contributed by atoms with E-state index in [4.69, 9.17) is 4.74 Å². The summed E-state index contributed by atoms with van der Waals surface area (Å²) in [4.78, 5) is 14.6. The number of hydrogen-bond donors (Lipinski definition) is 1. The minimum atomic E-state index is 0.531. The van der Waals surface area contributed by atoms with E-state index >= 15 is 0 Å². The van der Waals surface area contributed by atoms with E-state index in [1.165, 1.54) is 6.21 Å². The second kappa shape index (κ2) is 6.48. The first kappa shape index (κ1) is 13.0. The molecule has 0 saturated carbocycles. The summed E-state index contributed by atoms with van der Waals surface area (Å²) in [5, 5.41) is 3.13. The number of nitrogens with one attached hydrogen (secondary N) is 1. The fraction of sp³-hybridized carbons (Fsp3) is 0.231. The fourth-order valence-corrected chi connectivity index (χ4v) is 1.32. The highest BCUT2D eigenvalue weighted by molar-refractivity contribution is 6.03. The van der Waals surface area contributed by atoms with Gasteiger partial charge < -0.3 is 10.1 Å². The summed E-state index contributed by atoms with van der Waals surface area (Å²) >= 11 is 0. The molecular weight excluding hydrogens is 216 g/mol. The highest BCUT2D eigenvalue weighted by Crippen LogP contribution is 2.16. The van der Waals surface area contributed by atoms with Crippen molar-refractivity contribution in [2.45, 2.75) is 6.92 Å². The number of anilines is 1. The van der Waals surface area contributed by atoms with Crippen molar-refractivity contribution < 1.29 is 9.53 Å². The Labute approximate surface area is 101 Å². The molecule has 17 heavy (non-hydrogen) atoms. The van der Waals surface area contributed by atoms with Crippen molar-refractivity contribution in [3.63, 3.8) is 0 Å². The summed E-state index contributed by atoms with van der Waals surface area (Å²) < 4.78 is 5.06. The molecule has 0 saturated heterocycles. The van der Waals surface area contributed by atoms with Crippen LogP contribution in [0, 0.1) is 0 Å². The quantitative estimate of drug-likeness (QED) is 0.481. The largest absolute Gasteiger partial charge is 0.497 e. The van der Waals surface area contributed by atoms with Crippen LogP contribution in [0.1, 0.15) is 6.92 Å². The Bertz CT molecular complexity index is 433. The van der Waals surface area contributed by atoms with Crippen LogP contribution >= 0.6 is 0 Å². The first-order chi connectivity index (χ1) is 8.21. The molecular formula is C13H16N2O2. The van der Waals surface area contributed by atoms with Crippen LogP contribution in [0.3, 0.4) is 0 Å². The molecule has 4 heteroatoms. The molecule has 0 spiro atoms. The molecule has 0 heterocycles. The highest BCUT2D eigenvalue weighted by atomic mass is 16.5. The predicted molar refractivity (Wildman–Crippen MR) is 69.8 cm³/mol. The maximum Gasteiger partial charge on any atom is 0.153 e. The second-order valence-electron chi connectivity index (χ2n) is 3.44. The van der Waals surface area contributed by atoms with Crippen molar-refractivity contribution >= 4 is 18.2 Å². The van der Waals surface area contributed by atoms with E-state index in [0.717, 1.165) is 23.4 Å². The summed E-state index contributed by atoms with van der Waals surface area (Å²) in [6.45, 7) is 1.83. The highest BCUT2D eigenvalue weighted by Gasteiger charge is 1.99. The zero-order chi connectivity index (χ0) is 12.7. The van der Waals surface area contributed by atoms with Gasteiger partial charge in [0, 0.05) is 24.6 Å². The van der Waals surface area contributed by atoms with Gasteiger partial charge in [-0.3, -0.25) is 9.79 Å². The van der Waals surface area contributed by atoms with Crippen molar-refractivity contribution in [3.05, 3.63) is 35.5 Å². The number of carbonyl (C=O) groups is 1. The molecule has 0 radical (unpaired) electrons. The third-order valence-electron chi connectivity index (χ3n) is 2.25. The lowest BCUT2D eigenvalue weighted by molar-refractivity contribution is -0.104. The summed E-state index contributed by atoms with van der Waals surface area (Å²) in [7, 11) is 3.25. The van der Waals surface area contributed by atoms with Crippen LogP contribution in [0.25, 0.3) is 0 Å². The summed E-state index contributed by atoms with van der Waals surface area (Å²) in [5.74, 6) is 0.794. The Morgan fingerprint density at radius 3 is 2.47 bits per heavy atom. The summed E-state index contributed by atoms with van der Waals surface area (Å²) in [5.41, 5.74) is 2.19. The Balaban J connectivity index is 2.85. The van der Waals surface area contributed by atoms with E-state index in [-0.39, 0.29) is 0 Å². The molecule has 0 bridgehead atoms. The Kier molecular flexibility index (Phi) is 4.94. The zero-order valence-corrected chi connectivity index (χ0v) is 10.2. The molecule has 0 aliphatic rings. The van der Waals surface area contributed by atoms with Crippen LogP contribution in [0.2, 0.25) is 0 Å². The number of aliphatic imine (C=N–C) groups is 1. The van der Waals surface area contributed by atoms with Crippen LogP contribution in [0.4, 0.5) is 5.69 Å². The lowest BCUT2D eigenvalue weighted by Crippen LogP contribution is -2.02. The van der Waals surface area contributed by atoms with E-state index in [0.29, 0.717) is 5.57 Å². The molecule has 0 aromatic heterocycles. The molecule has 0 aliphatic heterocycles. The molecule has 0 amide bonds. The molecule has 1 aromatic rings. The number of benzene rings is 1. The standard InChI is InChI=1S/C13H16N2O2/c1-10(11(9-16)8-14-2)15-12-4-6-13(17-3)7-5-12/h4-9,15H,1-3H3/b11-10+,14-8?. The maximum atomic E-state index is 10.8. The monoisotopic (exact) mass is 232 g/mol. The van der Waals surface area contributed by atoms with Gasteiger partial charge in [0.15, 0.2) is 6.29 Å². The SMILES string of the molecule is CN=C/C(C=O)=C(/C)Nc1ccc(OC)cc1. The maximum absolute atomic E-state index is 10.8. The van der Waals surface area contributed by atoms with Gasteiger partial charge in [-0.1, -0.05) is 0 Å². The Morgan fingerprint density at radius 1 is 1.35 bits per heavy atom. The number of ether oxygens (including phenoxy) is 1. The predicted octanol–water partition coefficient (Wildman–Crippen LogP) is 2.28. The van der Waals surface area contributed by atoms with E-state index in [9.17, 15) is 4.79 Å². The van der Waals surface area contributed by atoms with Crippen molar-refractivity contribution in [2.24, 2.45) is 4.99 Å². The number of nitrogens with zero attached hydrogens (tertiary/aromatic N) is 1. The number of rotatable bonds is 5. The van der Waals surface area contributed by atoms with Crippen LogP contribution in [0.5, 0.6) is 5.75 Å². The number of allylic oxidation sites excluding steroid dienone is 2. The number of methoxy groups -OCH3 is 1. The van der Waals surface area contributed by atoms with Gasteiger partial charge in [0.2, 0.25) is 0 Å². The van der Waals surface area contributed by atoms with Gasteiger partial charge in [-0.15, -0.1) is 0 Å². The zero-order valence-electron chi connectivity index (χ0n) is 10.2. The van der Waals surface area contributed by atoms with E-state index in [1.807, 2.05) is 31.2 Å². The van der Waals surface area contributed by atoms with Gasteiger partial charge in [0.1, 0.15) is 5.75 Å². The van der Waals surface area contributed by atoms with Crippen LogP contribution < -0.4 is 10.1 Å². The lowest BCUT2D eigenvalue weighted by Gasteiger charge is -2.08. The van der Waals surface area contributed by atoms with Gasteiger partial charge in [0.25, 0.3) is 0 Å². The number of hydrogen-bond acceptors (Lipinski definition) is 4. The molecule has 1 N–H and O–H groups in total. The first-order valence-corrected chi connectivity index (χ1v) is 5.20. The fourth-order valence-electron chi connectivity index (χ4n) is 1.32. The second-order valence-corrected chi connectivity index (χ2v) is 3.44. The minimum absolute atomic E-state index is 0.531. The molecule has 0 fully saturated rings. The van der Waals surface area contributed by atoms with Gasteiger partial charge >= 0.3 is 0 Å². The molecule has 90 valence electrons. The molecule has 0 atom stereocenters. The van der Waals surface area contributed by atoms with Crippen molar-refractivity contribution in [3.8, 4) is 5.75 Å². The first-order valence-electron chi connectivity index (χ1n) is 5.20. The average molecular weight is 232 g/mol. The average Bonchev–Trinajstić information content (AvgIpc) is 2.36. The normalized spacial score (nSPS) is 12.2. The topological polar surface area (TPSA) is 50.7 Å². The molecule has 1 aromatic carbocycles. The van der Waals surface area contributed by atoms with Crippen LogP contribution in [-0.2, 0) is 4.79 Å². The van der Waals surface area contributed by atoms with Crippen molar-refractivity contribution in [1.29, 1.82) is 0 Å². The van der Waals surface area contributed by atoms with Gasteiger partial charge in [-0.05, 0) is 31.2 Å². The van der Waals surface area contributed by atoms with E-state index in [2.05, 4.69) is 10.3 Å². The number of carbonyl (C=O) groups excluding carboxylic acids is 1. The smallest absolute Gasteiger partial charge is 0.153 e. The minimum Gasteiger partial charge on any atom is -0.497 e. The van der Waals surface area contributed by atoms with Crippen LogP contribution in [0.15, 0.2) is 40.5 Å². The Hall–Kier alpha value is -2.10. The van der Waals surface area contributed by atoms with E-state index in [1.54, 1.807) is 14.2 Å². The van der Waals surface area contributed by atoms with Gasteiger partial charge in [0.05, 0.1) is 12.7 Å². The Morgan fingerprint density at radius 2 is 2.00 bits per heavy atom. The third-order valence-corrected chi connectivity index (χ3v) is 2.25. The van der Waals surface area contributed by atoms with Crippen LogP contribution in [-0.4, -0.2) is 26.7 Å². The molecule has 1 rings (SSSR count). The molecule has 0 unspecified atom stereocenters. The summed E-state index contributed by atoms with van der Waals surface area (Å²) in [6.07, 6.45) is 2.30. The number of aldehydes is 1. The van der Waals surface area contributed by atoms with Gasteiger partial charge in [-0.2, -0.15) is 0 Å².